The number of benzene rings is 2. The summed E-state index contributed by atoms with van der Waals surface area (Å²) in [5.74, 6) is 1.31. The summed E-state index contributed by atoms with van der Waals surface area (Å²) in [6, 6.07) is 14.8. The number of hydrogen-bond donors (Lipinski definition) is 0. The van der Waals surface area contributed by atoms with Crippen molar-refractivity contribution in [2.24, 2.45) is 4.99 Å². The minimum absolute atomic E-state index is 0.0839. The highest BCUT2D eigenvalue weighted by Crippen LogP contribution is 2.39. The SMILES string of the molecule is COc1ccc(CN2C(=NC(=O)Cc3ccccc3OC)SC3CS(=O)(=O)CC32)cc1. The van der Waals surface area contributed by atoms with Gasteiger partial charge in [-0.25, -0.2) is 8.42 Å². The second-order valence-electron chi connectivity index (χ2n) is 7.55. The van der Waals surface area contributed by atoms with Crippen LogP contribution in [0.15, 0.2) is 53.5 Å². The van der Waals surface area contributed by atoms with E-state index < -0.39 is 9.84 Å². The first-order valence-corrected chi connectivity index (χ1v) is 12.6. The van der Waals surface area contributed by atoms with Crippen molar-refractivity contribution < 1.29 is 22.7 Å². The number of carbonyl (C=O) groups is 1. The van der Waals surface area contributed by atoms with Crippen LogP contribution in [0.1, 0.15) is 11.1 Å². The van der Waals surface area contributed by atoms with E-state index in [4.69, 9.17) is 9.47 Å². The molecule has 2 aromatic carbocycles. The van der Waals surface area contributed by atoms with Crippen LogP contribution in [0.4, 0.5) is 0 Å². The molecule has 2 heterocycles. The first-order chi connectivity index (χ1) is 14.9. The molecule has 0 aliphatic carbocycles. The number of amidine groups is 1. The number of amides is 1. The molecule has 2 aliphatic heterocycles. The third kappa shape index (κ3) is 4.88. The number of methoxy groups -OCH3 is 2. The molecule has 0 bridgehead atoms. The van der Waals surface area contributed by atoms with Crippen LogP contribution in [-0.4, -0.2) is 61.4 Å². The Morgan fingerprint density at radius 1 is 1.10 bits per heavy atom. The van der Waals surface area contributed by atoms with Crippen molar-refractivity contribution in [1.29, 1.82) is 0 Å². The van der Waals surface area contributed by atoms with Crippen LogP contribution >= 0.6 is 11.8 Å². The molecule has 0 saturated carbocycles. The van der Waals surface area contributed by atoms with Crippen molar-refractivity contribution in [1.82, 2.24) is 4.90 Å². The summed E-state index contributed by atoms with van der Waals surface area (Å²) in [4.78, 5) is 19.1. The van der Waals surface area contributed by atoms with E-state index in [0.29, 0.717) is 17.5 Å². The van der Waals surface area contributed by atoms with E-state index in [1.807, 2.05) is 53.4 Å². The zero-order valence-electron chi connectivity index (χ0n) is 17.4. The van der Waals surface area contributed by atoms with E-state index in [1.54, 1.807) is 14.2 Å². The van der Waals surface area contributed by atoms with Gasteiger partial charge in [-0.05, 0) is 23.8 Å². The molecule has 2 atom stereocenters. The maximum Gasteiger partial charge on any atom is 0.252 e. The standard InChI is InChI=1S/C22H24N2O5S2/c1-28-17-9-7-15(8-10-17)12-24-18-13-31(26,27)14-20(18)30-22(24)23-21(25)11-16-5-3-4-6-19(16)29-2/h3-10,18,20H,11-14H2,1-2H3. The topological polar surface area (TPSA) is 85.3 Å². The molecule has 2 unspecified atom stereocenters. The average molecular weight is 461 g/mol. The van der Waals surface area contributed by atoms with Crippen LogP contribution in [0.5, 0.6) is 11.5 Å². The van der Waals surface area contributed by atoms with Crippen LogP contribution in [0.3, 0.4) is 0 Å². The third-order valence-corrected chi connectivity index (χ3v) is 8.69. The van der Waals surface area contributed by atoms with Gasteiger partial charge in [0.25, 0.3) is 5.91 Å². The van der Waals surface area contributed by atoms with Crippen molar-refractivity contribution in [2.75, 3.05) is 25.7 Å². The number of fused-ring (bicyclic) bond motifs is 1. The van der Waals surface area contributed by atoms with Crippen LogP contribution in [0.2, 0.25) is 0 Å². The number of thioether (sulfide) groups is 1. The Balaban J connectivity index is 1.57. The first-order valence-electron chi connectivity index (χ1n) is 9.88. The van der Waals surface area contributed by atoms with E-state index in [1.165, 1.54) is 11.8 Å². The normalized spacial score (nSPS) is 23.0. The van der Waals surface area contributed by atoms with Crippen molar-refractivity contribution in [2.45, 2.75) is 24.3 Å². The predicted molar refractivity (Wildman–Crippen MR) is 121 cm³/mol. The van der Waals surface area contributed by atoms with E-state index in [-0.39, 0.29) is 35.1 Å². The van der Waals surface area contributed by atoms with Gasteiger partial charge >= 0.3 is 0 Å². The molecule has 7 nitrogen and oxygen atoms in total. The predicted octanol–water partition coefficient (Wildman–Crippen LogP) is 2.54. The summed E-state index contributed by atoms with van der Waals surface area (Å²) >= 11 is 1.39. The monoisotopic (exact) mass is 460 g/mol. The van der Waals surface area contributed by atoms with Gasteiger partial charge in [0.2, 0.25) is 0 Å². The Bertz CT molecular complexity index is 1100. The maximum absolute atomic E-state index is 12.7. The van der Waals surface area contributed by atoms with Gasteiger partial charge in [-0.3, -0.25) is 4.79 Å². The van der Waals surface area contributed by atoms with Crippen molar-refractivity contribution in [3.63, 3.8) is 0 Å². The fraction of sp³-hybridized carbons (Fsp3) is 0.364. The lowest BCUT2D eigenvalue weighted by Gasteiger charge is -2.24. The number of para-hydroxylation sites is 1. The lowest BCUT2D eigenvalue weighted by molar-refractivity contribution is -0.117. The second kappa shape index (κ2) is 8.92. The van der Waals surface area contributed by atoms with Gasteiger partial charge < -0.3 is 14.4 Å². The highest BCUT2D eigenvalue weighted by atomic mass is 32.2. The molecular formula is C22H24N2O5S2. The molecule has 0 radical (unpaired) electrons. The second-order valence-corrected chi connectivity index (χ2v) is 10.9. The molecule has 2 aromatic rings. The Labute approximate surface area is 186 Å². The molecule has 2 fully saturated rings. The summed E-state index contributed by atoms with van der Waals surface area (Å²) in [6.07, 6.45) is 0.123. The fourth-order valence-corrected chi connectivity index (χ4v) is 7.87. The number of sulfone groups is 1. The lowest BCUT2D eigenvalue weighted by Crippen LogP contribution is -2.37. The van der Waals surface area contributed by atoms with Gasteiger partial charge in [0.1, 0.15) is 11.5 Å². The fourth-order valence-electron chi connectivity index (χ4n) is 3.91. The molecule has 164 valence electrons. The van der Waals surface area contributed by atoms with E-state index in [0.717, 1.165) is 16.9 Å². The molecule has 0 N–H and O–H groups in total. The Kier molecular flexibility index (Phi) is 6.24. The Hall–Kier alpha value is -2.52. The van der Waals surface area contributed by atoms with Crippen molar-refractivity contribution >= 4 is 32.7 Å². The van der Waals surface area contributed by atoms with Crippen LogP contribution in [0, 0.1) is 0 Å². The molecule has 2 saturated heterocycles. The summed E-state index contributed by atoms with van der Waals surface area (Å²) in [5.41, 5.74) is 1.77. The van der Waals surface area contributed by atoms with Gasteiger partial charge in [-0.2, -0.15) is 4.99 Å². The lowest BCUT2D eigenvalue weighted by atomic mass is 10.1. The molecule has 2 aliphatic rings. The Morgan fingerprint density at radius 2 is 1.84 bits per heavy atom. The van der Waals surface area contributed by atoms with E-state index >= 15 is 0 Å². The van der Waals surface area contributed by atoms with E-state index in [9.17, 15) is 13.2 Å². The number of ether oxygens (including phenoxy) is 2. The third-order valence-electron chi connectivity index (χ3n) is 5.44. The molecule has 9 heteroatoms. The molecule has 0 spiro atoms. The van der Waals surface area contributed by atoms with Gasteiger partial charge in [-0.1, -0.05) is 42.1 Å². The first kappa shape index (κ1) is 21.7. The Morgan fingerprint density at radius 3 is 2.55 bits per heavy atom. The van der Waals surface area contributed by atoms with Crippen LogP contribution in [-0.2, 0) is 27.6 Å². The zero-order valence-corrected chi connectivity index (χ0v) is 19.0. The minimum atomic E-state index is -3.09. The quantitative estimate of drug-likeness (QED) is 0.655. The molecular weight excluding hydrogens is 436 g/mol. The van der Waals surface area contributed by atoms with Gasteiger partial charge in [0.15, 0.2) is 15.0 Å². The largest absolute Gasteiger partial charge is 0.497 e. The molecule has 31 heavy (non-hydrogen) atoms. The summed E-state index contributed by atoms with van der Waals surface area (Å²) < 4.78 is 34.9. The molecule has 1 amide bonds. The maximum atomic E-state index is 12.7. The van der Waals surface area contributed by atoms with Crippen molar-refractivity contribution in [3.8, 4) is 11.5 Å². The smallest absolute Gasteiger partial charge is 0.252 e. The average Bonchev–Trinajstić information content (AvgIpc) is 3.20. The van der Waals surface area contributed by atoms with Gasteiger partial charge in [-0.15, -0.1) is 0 Å². The van der Waals surface area contributed by atoms with Crippen LogP contribution < -0.4 is 9.47 Å². The van der Waals surface area contributed by atoms with E-state index in [2.05, 4.69) is 4.99 Å². The van der Waals surface area contributed by atoms with Gasteiger partial charge in [0.05, 0.1) is 38.2 Å². The zero-order chi connectivity index (χ0) is 22.0. The number of nitrogens with zero attached hydrogens (tertiary/aromatic N) is 2. The highest BCUT2D eigenvalue weighted by Gasteiger charge is 2.48. The number of carbonyl (C=O) groups excluding carboxylic acids is 1. The molecule has 4 rings (SSSR count). The number of rotatable bonds is 6. The molecule has 0 aromatic heterocycles. The summed E-state index contributed by atoms with van der Waals surface area (Å²) in [7, 11) is 0.0892. The minimum Gasteiger partial charge on any atom is -0.497 e. The van der Waals surface area contributed by atoms with Crippen LogP contribution in [0.25, 0.3) is 0 Å². The van der Waals surface area contributed by atoms with Crippen molar-refractivity contribution in [3.05, 3.63) is 59.7 Å². The van der Waals surface area contributed by atoms with Gasteiger partial charge in [0, 0.05) is 17.4 Å². The highest BCUT2D eigenvalue weighted by molar-refractivity contribution is 8.15. The number of aliphatic imine (C=N–C) groups is 1. The summed E-state index contributed by atoms with van der Waals surface area (Å²) in [5, 5.41) is 0.474. The number of hydrogen-bond acceptors (Lipinski definition) is 6. The summed E-state index contributed by atoms with van der Waals surface area (Å²) in [6.45, 7) is 0.481.